The number of carbonyl (C=O) groups is 1. The van der Waals surface area contributed by atoms with Gasteiger partial charge in [0.1, 0.15) is 0 Å². The zero-order valence-corrected chi connectivity index (χ0v) is 10.8. The van der Waals surface area contributed by atoms with Gasteiger partial charge in [0.25, 0.3) is 0 Å². The maximum absolute atomic E-state index is 12.3. The average Bonchev–Trinajstić information content (AvgIpc) is 2.28. The molecule has 0 amide bonds. The molecule has 0 aliphatic carbocycles. The summed E-state index contributed by atoms with van der Waals surface area (Å²) in [6, 6.07) is 4.71. The predicted molar refractivity (Wildman–Crippen MR) is 63.4 cm³/mol. The first-order valence-electron chi connectivity index (χ1n) is 5.24. The van der Waals surface area contributed by atoms with Crippen molar-refractivity contribution in [3.8, 4) is 0 Å². The number of rotatable bonds is 4. The molecule has 0 saturated carbocycles. The second kappa shape index (κ2) is 6.13. The van der Waals surface area contributed by atoms with E-state index in [0.29, 0.717) is 12.0 Å². The molecule has 1 aromatic rings. The van der Waals surface area contributed by atoms with Crippen LogP contribution < -0.4 is 0 Å². The lowest BCUT2D eigenvalue weighted by Gasteiger charge is -2.12. The molecule has 0 aliphatic heterocycles. The van der Waals surface area contributed by atoms with Crippen molar-refractivity contribution < 1.29 is 22.7 Å². The second-order valence-electron chi connectivity index (χ2n) is 3.66. The molecule has 0 bridgehead atoms. The Bertz CT molecular complexity index is 430. The maximum atomic E-state index is 12.3. The number of esters is 1. The van der Waals surface area contributed by atoms with Crippen LogP contribution >= 0.6 is 11.8 Å². The van der Waals surface area contributed by atoms with Crippen molar-refractivity contribution in [2.24, 2.45) is 0 Å². The summed E-state index contributed by atoms with van der Waals surface area (Å²) in [6.45, 7) is 1.63. The fourth-order valence-corrected chi connectivity index (χ4v) is 2.18. The van der Waals surface area contributed by atoms with Crippen molar-refractivity contribution in [3.05, 3.63) is 29.3 Å². The van der Waals surface area contributed by atoms with E-state index >= 15 is 0 Å². The number of carbonyl (C=O) groups excluding carboxylic acids is 1. The summed E-state index contributed by atoms with van der Waals surface area (Å²) in [6.07, 6.45) is 0.544. The monoisotopic (exact) mass is 278 g/mol. The smallest absolute Gasteiger partial charge is 0.446 e. The molecule has 0 atom stereocenters. The SMILES string of the molecule is COC(=O)CCc1cccc(SC(F)(F)F)c1C. The molecule has 0 radical (unpaired) electrons. The molecule has 6 heteroatoms. The van der Waals surface area contributed by atoms with E-state index in [1.807, 2.05) is 0 Å². The van der Waals surface area contributed by atoms with E-state index in [1.165, 1.54) is 13.2 Å². The van der Waals surface area contributed by atoms with Crippen LogP contribution in [-0.4, -0.2) is 18.6 Å². The van der Waals surface area contributed by atoms with Crippen molar-refractivity contribution in [1.82, 2.24) is 0 Å². The van der Waals surface area contributed by atoms with Crippen molar-refractivity contribution in [2.75, 3.05) is 7.11 Å². The van der Waals surface area contributed by atoms with Crippen molar-refractivity contribution in [1.29, 1.82) is 0 Å². The van der Waals surface area contributed by atoms with Crippen LogP contribution in [0, 0.1) is 6.92 Å². The Balaban J connectivity index is 2.82. The van der Waals surface area contributed by atoms with Crippen LogP contribution in [0.5, 0.6) is 0 Å². The number of alkyl halides is 3. The van der Waals surface area contributed by atoms with Gasteiger partial charge in [0.05, 0.1) is 7.11 Å². The Hall–Kier alpha value is -1.17. The van der Waals surface area contributed by atoms with Gasteiger partial charge in [-0.1, -0.05) is 12.1 Å². The highest BCUT2D eigenvalue weighted by atomic mass is 32.2. The predicted octanol–water partition coefficient (Wildman–Crippen LogP) is 3.71. The minimum absolute atomic E-state index is 0.135. The third kappa shape index (κ3) is 4.60. The van der Waals surface area contributed by atoms with Crippen molar-refractivity contribution in [2.45, 2.75) is 30.2 Å². The van der Waals surface area contributed by atoms with Crippen LogP contribution in [0.15, 0.2) is 23.1 Å². The minimum atomic E-state index is -4.30. The average molecular weight is 278 g/mol. The number of ether oxygens (including phenoxy) is 1. The standard InChI is InChI=1S/C12H13F3O2S/c1-8-9(6-7-11(16)17-2)4-3-5-10(8)18-12(13,14)15/h3-5H,6-7H2,1-2H3. The topological polar surface area (TPSA) is 26.3 Å². The summed E-state index contributed by atoms with van der Waals surface area (Å²) in [5.74, 6) is -0.372. The number of thioether (sulfide) groups is 1. The molecule has 100 valence electrons. The van der Waals surface area contributed by atoms with Crippen LogP contribution in [0.1, 0.15) is 17.5 Å². The van der Waals surface area contributed by atoms with Gasteiger partial charge in [-0.2, -0.15) is 13.2 Å². The third-order valence-corrected chi connectivity index (χ3v) is 3.34. The lowest BCUT2D eigenvalue weighted by molar-refractivity contribution is -0.140. The molecule has 1 aromatic carbocycles. The van der Waals surface area contributed by atoms with Gasteiger partial charge < -0.3 is 4.74 Å². The van der Waals surface area contributed by atoms with Gasteiger partial charge in [0, 0.05) is 11.3 Å². The second-order valence-corrected chi connectivity index (χ2v) is 4.77. The third-order valence-electron chi connectivity index (χ3n) is 2.45. The van der Waals surface area contributed by atoms with Crippen LogP contribution in [0.2, 0.25) is 0 Å². The van der Waals surface area contributed by atoms with Crippen LogP contribution in [0.25, 0.3) is 0 Å². The van der Waals surface area contributed by atoms with Crippen LogP contribution in [0.3, 0.4) is 0 Å². The number of methoxy groups -OCH3 is 1. The molecular weight excluding hydrogens is 265 g/mol. The van der Waals surface area contributed by atoms with E-state index in [1.54, 1.807) is 19.1 Å². The Labute approximate surface area is 108 Å². The van der Waals surface area contributed by atoms with Gasteiger partial charge in [0.2, 0.25) is 0 Å². The quantitative estimate of drug-likeness (QED) is 0.620. The number of hydrogen-bond donors (Lipinski definition) is 0. The molecule has 0 unspecified atom stereocenters. The Morgan fingerprint density at radius 1 is 1.39 bits per heavy atom. The molecule has 2 nitrogen and oxygen atoms in total. The summed E-state index contributed by atoms with van der Waals surface area (Å²) in [4.78, 5) is 11.2. The molecule has 0 heterocycles. The van der Waals surface area contributed by atoms with Gasteiger partial charge in [-0.25, -0.2) is 0 Å². The highest BCUT2D eigenvalue weighted by Gasteiger charge is 2.30. The highest BCUT2D eigenvalue weighted by molar-refractivity contribution is 8.00. The molecule has 0 fully saturated rings. The number of halogens is 3. The van der Waals surface area contributed by atoms with E-state index < -0.39 is 5.51 Å². The summed E-state index contributed by atoms with van der Waals surface area (Å²) in [7, 11) is 1.28. The van der Waals surface area contributed by atoms with Gasteiger partial charge in [-0.15, -0.1) is 0 Å². The summed E-state index contributed by atoms with van der Waals surface area (Å²) in [5, 5.41) is 0. The molecule has 18 heavy (non-hydrogen) atoms. The molecule has 0 spiro atoms. The normalized spacial score (nSPS) is 11.4. The van der Waals surface area contributed by atoms with E-state index in [0.717, 1.165) is 5.56 Å². The largest absolute Gasteiger partial charge is 0.469 e. The number of aryl methyl sites for hydroxylation is 1. The molecule has 0 N–H and O–H groups in total. The van der Waals surface area contributed by atoms with E-state index in [4.69, 9.17) is 0 Å². The van der Waals surface area contributed by atoms with Crippen molar-refractivity contribution >= 4 is 17.7 Å². The zero-order valence-electron chi connectivity index (χ0n) is 10.0. The fourth-order valence-electron chi connectivity index (χ4n) is 1.50. The first kappa shape index (κ1) is 14.9. The number of hydrogen-bond acceptors (Lipinski definition) is 3. The molecular formula is C12H13F3O2S. The van der Waals surface area contributed by atoms with Crippen LogP contribution in [-0.2, 0) is 16.0 Å². The van der Waals surface area contributed by atoms with Crippen LogP contribution in [0.4, 0.5) is 13.2 Å². The summed E-state index contributed by atoms with van der Waals surface area (Å²) < 4.78 is 41.4. The molecule has 0 aromatic heterocycles. The first-order chi connectivity index (χ1) is 8.33. The first-order valence-corrected chi connectivity index (χ1v) is 6.06. The Morgan fingerprint density at radius 2 is 2.06 bits per heavy atom. The summed E-state index contributed by atoms with van der Waals surface area (Å²) in [5.41, 5.74) is -3.01. The molecule has 0 aliphatic rings. The lowest BCUT2D eigenvalue weighted by Crippen LogP contribution is -2.04. The van der Waals surface area contributed by atoms with E-state index in [9.17, 15) is 18.0 Å². The number of benzene rings is 1. The minimum Gasteiger partial charge on any atom is -0.469 e. The maximum Gasteiger partial charge on any atom is 0.446 e. The van der Waals surface area contributed by atoms with Crippen molar-refractivity contribution in [3.63, 3.8) is 0 Å². The fraction of sp³-hybridized carbons (Fsp3) is 0.417. The molecule has 0 saturated heterocycles. The summed E-state index contributed by atoms with van der Waals surface area (Å²) >= 11 is -0.135. The van der Waals surface area contributed by atoms with Gasteiger partial charge in [0.15, 0.2) is 0 Å². The van der Waals surface area contributed by atoms with E-state index in [2.05, 4.69) is 4.74 Å². The van der Waals surface area contributed by atoms with Gasteiger partial charge >= 0.3 is 11.5 Å². The van der Waals surface area contributed by atoms with Gasteiger partial charge in [-0.05, 0) is 42.3 Å². The van der Waals surface area contributed by atoms with Gasteiger partial charge in [-0.3, -0.25) is 4.79 Å². The molecule has 1 rings (SSSR count). The zero-order chi connectivity index (χ0) is 13.8. The highest BCUT2D eigenvalue weighted by Crippen LogP contribution is 2.39. The Morgan fingerprint density at radius 3 is 2.61 bits per heavy atom. The van der Waals surface area contributed by atoms with E-state index in [-0.39, 0.29) is 29.0 Å². The Kier molecular flexibility index (Phi) is 5.07. The lowest BCUT2D eigenvalue weighted by atomic mass is 10.0.